The van der Waals surface area contributed by atoms with Gasteiger partial charge < -0.3 is 5.11 Å². The standard InChI is InChI=1S/C13H18O2/c1-4-6-12(13(14)15)11-8-5-7-9(2)10(11)3/h5,7-8,12H,4,6H2,1-3H3,(H,14,15). The van der Waals surface area contributed by atoms with Gasteiger partial charge in [-0.25, -0.2) is 0 Å². The highest BCUT2D eigenvalue weighted by molar-refractivity contribution is 5.76. The molecule has 2 nitrogen and oxygen atoms in total. The van der Waals surface area contributed by atoms with Gasteiger partial charge in [0.1, 0.15) is 0 Å². The van der Waals surface area contributed by atoms with Gasteiger partial charge in [-0.2, -0.15) is 0 Å². The fourth-order valence-corrected chi connectivity index (χ4v) is 1.85. The van der Waals surface area contributed by atoms with Crippen molar-refractivity contribution in [1.29, 1.82) is 0 Å². The average Bonchev–Trinajstić information content (AvgIpc) is 2.19. The van der Waals surface area contributed by atoms with Crippen LogP contribution in [0.15, 0.2) is 18.2 Å². The van der Waals surface area contributed by atoms with Gasteiger partial charge in [-0.1, -0.05) is 31.5 Å². The second kappa shape index (κ2) is 4.96. The molecule has 82 valence electrons. The molecule has 0 amide bonds. The summed E-state index contributed by atoms with van der Waals surface area (Å²) in [6.45, 7) is 6.03. The Morgan fingerprint density at radius 2 is 2.07 bits per heavy atom. The summed E-state index contributed by atoms with van der Waals surface area (Å²) in [7, 11) is 0. The topological polar surface area (TPSA) is 37.3 Å². The predicted molar refractivity (Wildman–Crippen MR) is 61.2 cm³/mol. The Bertz CT molecular complexity index is 356. The molecular formula is C13H18O2. The maximum atomic E-state index is 11.2. The predicted octanol–water partition coefficient (Wildman–Crippen LogP) is 3.27. The van der Waals surface area contributed by atoms with Crippen LogP contribution in [0.2, 0.25) is 0 Å². The Kier molecular flexibility index (Phi) is 3.89. The largest absolute Gasteiger partial charge is 0.481 e. The minimum atomic E-state index is -0.717. The van der Waals surface area contributed by atoms with Crippen LogP contribution in [0.5, 0.6) is 0 Å². The van der Waals surface area contributed by atoms with E-state index >= 15 is 0 Å². The minimum absolute atomic E-state index is 0.352. The highest BCUT2D eigenvalue weighted by atomic mass is 16.4. The first kappa shape index (κ1) is 11.8. The normalized spacial score (nSPS) is 12.5. The fraction of sp³-hybridized carbons (Fsp3) is 0.462. The maximum absolute atomic E-state index is 11.2. The summed E-state index contributed by atoms with van der Waals surface area (Å²) in [5, 5.41) is 9.17. The molecule has 1 rings (SSSR count). The Labute approximate surface area is 90.9 Å². The van der Waals surface area contributed by atoms with Gasteiger partial charge in [-0.3, -0.25) is 4.79 Å². The Balaban J connectivity index is 3.11. The van der Waals surface area contributed by atoms with E-state index in [0.717, 1.165) is 23.1 Å². The summed E-state index contributed by atoms with van der Waals surface area (Å²) in [5.41, 5.74) is 3.23. The molecule has 0 saturated carbocycles. The van der Waals surface area contributed by atoms with E-state index in [1.165, 1.54) is 0 Å². The van der Waals surface area contributed by atoms with Crippen molar-refractivity contribution >= 4 is 5.97 Å². The molecule has 0 saturated heterocycles. The van der Waals surface area contributed by atoms with Crippen molar-refractivity contribution in [3.63, 3.8) is 0 Å². The number of aliphatic carboxylic acids is 1. The second-order valence-corrected chi connectivity index (χ2v) is 3.97. The molecule has 0 spiro atoms. The molecule has 1 aromatic carbocycles. The monoisotopic (exact) mass is 206 g/mol. The number of hydrogen-bond acceptors (Lipinski definition) is 1. The Morgan fingerprint density at radius 1 is 1.40 bits per heavy atom. The number of benzene rings is 1. The third-order valence-electron chi connectivity index (χ3n) is 2.90. The lowest BCUT2D eigenvalue weighted by Crippen LogP contribution is -2.13. The number of aryl methyl sites for hydroxylation is 1. The number of carboxylic acids is 1. The lowest BCUT2D eigenvalue weighted by molar-refractivity contribution is -0.139. The molecule has 0 fully saturated rings. The molecule has 0 bridgehead atoms. The van der Waals surface area contributed by atoms with Gasteiger partial charge in [0.05, 0.1) is 5.92 Å². The molecule has 2 heteroatoms. The molecule has 0 aromatic heterocycles. The van der Waals surface area contributed by atoms with Crippen molar-refractivity contribution in [3.05, 3.63) is 34.9 Å². The third kappa shape index (κ3) is 2.58. The molecule has 0 radical (unpaired) electrons. The summed E-state index contributed by atoms with van der Waals surface area (Å²) < 4.78 is 0. The first-order valence-corrected chi connectivity index (χ1v) is 5.36. The number of carboxylic acid groups (broad SMARTS) is 1. The van der Waals surface area contributed by atoms with Crippen LogP contribution in [-0.2, 0) is 4.79 Å². The average molecular weight is 206 g/mol. The molecular weight excluding hydrogens is 188 g/mol. The van der Waals surface area contributed by atoms with E-state index in [4.69, 9.17) is 0 Å². The summed E-state index contributed by atoms with van der Waals surface area (Å²) in [4.78, 5) is 11.2. The maximum Gasteiger partial charge on any atom is 0.310 e. The smallest absolute Gasteiger partial charge is 0.310 e. The van der Waals surface area contributed by atoms with Crippen LogP contribution in [0.25, 0.3) is 0 Å². The fourth-order valence-electron chi connectivity index (χ4n) is 1.85. The van der Waals surface area contributed by atoms with Gasteiger partial charge in [0.2, 0.25) is 0 Å². The van der Waals surface area contributed by atoms with E-state index in [2.05, 4.69) is 0 Å². The molecule has 1 aromatic rings. The number of hydrogen-bond donors (Lipinski definition) is 1. The van der Waals surface area contributed by atoms with Crippen molar-refractivity contribution in [2.45, 2.75) is 39.5 Å². The second-order valence-electron chi connectivity index (χ2n) is 3.97. The number of rotatable bonds is 4. The van der Waals surface area contributed by atoms with E-state index in [9.17, 15) is 9.90 Å². The van der Waals surface area contributed by atoms with Gasteiger partial charge in [0.25, 0.3) is 0 Å². The van der Waals surface area contributed by atoms with Gasteiger partial charge in [-0.05, 0) is 37.0 Å². The lowest BCUT2D eigenvalue weighted by Gasteiger charge is -2.15. The molecule has 0 aliphatic carbocycles. The molecule has 15 heavy (non-hydrogen) atoms. The van der Waals surface area contributed by atoms with E-state index < -0.39 is 5.97 Å². The van der Waals surface area contributed by atoms with Crippen molar-refractivity contribution in [2.75, 3.05) is 0 Å². The SMILES string of the molecule is CCCC(C(=O)O)c1cccc(C)c1C. The summed E-state index contributed by atoms with van der Waals surface area (Å²) in [6, 6.07) is 5.88. The summed E-state index contributed by atoms with van der Waals surface area (Å²) in [5.74, 6) is -1.07. The van der Waals surface area contributed by atoms with Gasteiger partial charge in [0, 0.05) is 0 Å². The van der Waals surface area contributed by atoms with Crippen LogP contribution >= 0.6 is 0 Å². The minimum Gasteiger partial charge on any atom is -0.481 e. The van der Waals surface area contributed by atoms with Crippen molar-refractivity contribution in [1.82, 2.24) is 0 Å². The van der Waals surface area contributed by atoms with E-state index in [-0.39, 0.29) is 5.92 Å². The quantitative estimate of drug-likeness (QED) is 0.820. The molecule has 0 heterocycles. The first-order valence-electron chi connectivity index (χ1n) is 5.36. The van der Waals surface area contributed by atoms with E-state index in [1.54, 1.807) is 0 Å². The van der Waals surface area contributed by atoms with Crippen LogP contribution in [0.3, 0.4) is 0 Å². The molecule has 1 atom stereocenters. The molecule has 0 aliphatic heterocycles. The van der Waals surface area contributed by atoms with Crippen LogP contribution in [0.1, 0.15) is 42.4 Å². The lowest BCUT2D eigenvalue weighted by atomic mass is 9.89. The van der Waals surface area contributed by atoms with E-state index in [1.807, 2.05) is 39.0 Å². The van der Waals surface area contributed by atoms with Crippen LogP contribution < -0.4 is 0 Å². The molecule has 1 N–H and O–H groups in total. The summed E-state index contributed by atoms with van der Waals surface area (Å²) >= 11 is 0. The summed E-state index contributed by atoms with van der Waals surface area (Å²) in [6.07, 6.45) is 1.60. The van der Waals surface area contributed by atoms with Crippen LogP contribution in [0, 0.1) is 13.8 Å². The zero-order valence-electron chi connectivity index (χ0n) is 9.58. The molecule has 0 aliphatic rings. The van der Waals surface area contributed by atoms with E-state index in [0.29, 0.717) is 6.42 Å². The van der Waals surface area contributed by atoms with Crippen molar-refractivity contribution < 1.29 is 9.90 Å². The van der Waals surface area contributed by atoms with Crippen molar-refractivity contribution in [2.24, 2.45) is 0 Å². The van der Waals surface area contributed by atoms with Crippen LogP contribution in [0.4, 0.5) is 0 Å². The van der Waals surface area contributed by atoms with Gasteiger partial charge in [0.15, 0.2) is 0 Å². The zero-order valence-corrected chi connectivity index (χ0v) is 9.58. The molecule has 1 unspecified atom stereocenters. The van der Waals surface area contributed by atoms with Crippen molar-refractivity contribution in [3.8, 4) is 0 Å². The first-order chi connectivity index (χ1) is 7.07. The Morgan fingerprint density at radius 3 is 2.60 bits per heavy atom. The van der Waals surface area contributed by atoms with Gasteiger partial charge >= 0.3 is 5.97 Å². The van der Waals surface area contributed by atoms with Gasteiger partial charge in [-0.15, -0.1) is 0 Å². The highest BCUT2D eigenvalue weighted by Gasteiger charge is 2.20. The third-order valence-corrected chi connectivity index (χ3v) is 2.90. The number of carbonyl (C=O) groups is 1. The Hall–Kier alpha value is -1.31. The van der Waals surface area contributed by atoms with Crippen LogP contribution in [-0.4, -0.2) is 11.1 Å². The highest BCUT2D eigenvalue weighted by Crippen LogP contribution is 2.26. The zero-order chi connectivity index (χ0) is 11.4.